The fourth-order valence-corrected chi connectivity index (χ4v) is 10.7. The lowest BCUT2D eigenvalue weighted by atomic mass is 10.0. The molecule has 0 heterocycles. The van der Waals surface area contributed by atoms with Crippen LogP contribution in [0.5, 0.6) is 0 Å². The molecule has 9 nitrogen and oxygen atoms in total. The van der Waals surface area contributed by atoms with Crippen LogP contribution in [0.1, 0.15) is 316 Å². The SMILES string of the molecule is CC/C=C\C/C=C\C/C=C\C/C=C\C/C=C\C/C=C\CCCCCCC(=O)OC(/C=C/CCCCCCCCCCCCC)C(COP(=O)(O)OCC[N+](C)(C)C)NC(=O)CCCCCCCCCCCCCCCCCCCCCCC. The molecule has 0 aliphatic carbocycles. The molecule has 2 N–H and O–H groups in total. The lowest BCUT2D eigenvalue weighted by Gasteiger charge is -2.27. The van der Waals surface area contributed by atoms with Gasteiger partial charge in [0.15, 0.2) is 0 Å². The smallest absolute Gasteiger partial charge is 0.456 e. The molecule has 1 amide bonds. The largest absolute Gasteiger partial charge is 0.472 e. The summed E-state index contributed by atoms with van der Waals surface area (Å²) in [6.45, 7) is 6.92. The van der Waals surface area contributed by atoms with Crippen LogP contribution in [-0.2, 0) is 27.9 Å². The van der Waals surface area contributed by atoms with Gasteiger partial charge < -0.3 is 19.4 Å². The van der Waals surface area contributed by atoms with Crippen LogP contribution in [0.4, 0.5) is 0 Å². The Balaban J connectivity index is 5.20. The molecule has 0 aromatic rings. The number of nitrogens with zero attached hydrogens (tertiary/aromatic N) is 1. The highest BCUT2D eigenvalue weighted by atomic mass is 31.2. The zero-order valence-electron chi connectivity index (χ0n) is 55.2. The van der Waals surface area contributed by atoms with Crippen LogP contribution in [0.25, 0.3) is 0 Å². The summed E-state index contributed by atoms with van der Waals surface area (Å²) in [5, 5.41) is 3.07. The molecular weight excluding hydrogens is 1050 g/mol. The van der Waals surface area contributed by atoms with E-state index < -0.39 is 20.0 Å². The molecule has 0 aromatic carbocycles. The highest BCUT2D eigenvalue weighted by molar-refractivity contribution is 7.47. The molecule has 0 radical (unpaired) electrons. The van der Waals surface area contributed by atoms with Crippen LogP contribution in [0.3, 0.4) is 0 Å². The van der Waals surface area contributed by atoms with E-state index >= 15 is 0 Å². The van der Waals surface area contributed by atoms with Crippen LogP contribution < -0.4 is 5.32 Å². The quantitative estimate of drug-likeness (QED) is 0.0205. The number of allylic oxidation sites excluding steroid dienone is 13. The van der Waals surface area contributed by atoms with Crippen molar-refractivity contribution in [2.45, 2.75) is 328 Å². The standard InChI is InChI=1S/C73H133N2O7P/c1-7-10-13-16-19-22-25-28-30-32-34-36-37-39-41-43-45-48-51-54-57-60-63-66-73(77)82-71(64-61-58-55-52-49-46-27-24-21-18-15-12-9-3)70(69-81-83(78,79)80-68-67-75(4,5)6)74-72(76)65-62-59-56-53-50-47-44-42-40-38-35-33-31-29-26-23-20-17-14-11-8-2/h10,13,19,22,28,30,34,36,39,41,45,48,61,64,70-71H,7-9,11-12,14-18,20-21,23-27,29,31-33,35,37-38,40,42-44,46-47,49-60,62-63,65-69H2,1-6H3,(H-,74,76,78,79)/p+1/b13-10-,22-19-,30-28-,36-34-,41-39-,48-45-,64-61+. The van der Waals surface area contributed by atoms with Crippen LogP contribution in [0, 0.1) is 0 Å². The van der Waals surface area contributed by atoms with Gasteiger partial charge in [0, 0.05) is 12.8 Å². The Bertz CT molecular complexity index is 1700. The molecule has 482 valence electrons. The third-order valence-electron chi connectivity index (χ3n) is 15.3. The van der Waals surface area contributed by atoms with Crippen LogP contribution in [-0.4, -0.2) is 74.3 Å². The van der Waals surface area contributed by atoms with Gasteiger partial charge in [-0.05, 0) is 83.1 Å². The number of phosphoric ester groups is 1. The van der Waals surface area contributed by atoms with Crippen molar-refractivity contribution in [1.29, 1.82) is 0 Å². The molecule has 10 heteroatoms. The maximum atomic E-state index is 13.6. The minimum Gasteiger partial charge on any atom is -0.456 e. The molecule has 0 fully saturated rings. The molecule has 0 rings (SSSR count). The van der Waals surface area contributed by atoms with Gasteiger partial charge in [-0.3, -0.25) is 18.6 Å². The van der Waals surface area contributed by atoms with Gasteiger partial charge in [-0.15, -0.1) is 0 Å². The summed E-state index contributed by atoms with van der Waals surface area (Å²) in [5.74, 6) is -0.525. The summed E-state index contributed by atoms with van der Waals surface area (Å²) in [7, 11) is 1.48. The van der Waals surface area contributed by atoms with Gasteiger partial charge in [0.1, 0.15) is 19.3 Å². The highest BCUT2D eigenvalue weighted by Gasteiger charge is 2.30. The fraction of sp³-hybridized carbons (Fsp3) is 0.781. The van der Waals surface area contributed by atoms with Gasteiger partial charge in [-0.25, -0.2) is 4.57 Å². The average molecular weight is 1180 g/mol. The molecule has 0 saturated carbocycles. The van der Waals surface area contributed by atoms with Gasteiger partial charge in [0.2, 0.25) is 5.91 Å². The first-order chi connectivity index (χ1) is 40.4. The number of hydrogen-bond donors (Lipinski definition) is 2. The minimum absolute atomic E-state index is 0.0342. The Morgan fingerprint density at radius 3 is 1.16 bits per heavy atom. The van der Waals surface area contributed by atoms with E-state index in [9.17, 15) is 19.0 Å². The van der Waals surface area contributed by atoms with Crippen molar-refractivity contribution in [3.05, 3.63) is 85.1 Å². The number of nitrogens with one attached hydrogen (secondary N) is 1. The van der Waals surface area contributed by atoms with Crippen molar-refractivity contribution < 1.29 is 37.3 Å². The maximum absolute atomic E-state index is 13.6. The summed E-state index contributed by atoms with van der Waals surface area (Å²) in [6.07, 6.45) is 83.0. The Morgan fingerprint density at radius 2 is 0.771 bits per heavy atom. The zero-order valence-corrected chi connectivity index (χ0v) is 56.1. The highest BCUT2D eigenvalue weighted by Crippen LogP contribution is 2.43. The fourth-order valence-electron chi connectivity index (χ4n) is 10.0. The number of likely N-dealkylation sites (N-methyl/N-ethyl adjacent to an activating group) is 1. The van der Waals surface area contributed by atoms with E-state index in [-0.39, 0.29) is 31.5 Å². The van der Waals surface area contributed by atoms with E-state index in [1.807, 2.05) is 33.3 Å². The van der Waals surface area contributed by atoms with Crippen molar-refractivity contribution in [2.75, 3.05) is 40.9 Å². The second-order valence-corrected chi connectivity index (χ2v) is 26.1. The van der Waals surface area contributed by atoms with Crippen LogP contribution >= 0.6 is 7.82 Å². The van der Waals surface area contributed by atoms with Gasteiger partial charge in [-0.1, -0.05) is 305 Å². The second-order valence-electron chi connectivity index (χ2n) is 24.7. The second kappa shape index (κ2) is 62.2. The predicted molar refractivity (Wildman–Crippen MR) is 360 cm³/mol. The predicted octanol–water partition coefficient (Wildman–Crippen LogP) is 22.1. The number of carbonyl (C=O) groups is 2. The Kier molecular flexibility index (Phi) is 60.1. The monoisotopic (exact) mass is 1180 g/mol. The number of hydrogen-bond acceptors (Lipinski definition) is 6. The van der Waals surface area contributed by atoms with Gasteiger partial charge in [0.25, 0.3) is 0 Å². The topological polar surface area (TPSA) is 111 Å². The van der Waals surface area contributed by atoms with E-state index in [0.29, 0.717) is 23.9 Å². The molecule has 0 aromatic heterocycles. The van der Waals surface area contributed by atoms with Gasteiger partial charge in [-0.2, -0.15) is 0 Å². The van der Waals surface area contributed by atoms with Crippen molar-refractivity contribution in [1.82, 2.24) is 5.32 Å². The van der Waals surface area contributed by atoms with E-state index in [4.69, 9.17) is 13.8 Å². The Labute approximate surface area is 514 Å². The first kappa shape index (κ1) is 80.2. The zero-order chi connectivity index (χ0) is 60.7. The van der Waals surface area contributed by atoms with Crippen molar-refractivity contribution in [2.24, 2.45) is 0 Å². The first-order valence-corrected chi connectivity index (χ1v) is 36.4. The summed E-state index contributed by atoms with van der Waals surface area (Å²) in [6, 6.07) is -0.862. The maximum Gasteiger partial charge on any atom is 0.472 e. The third-order valence-corrected chi connectivity index (χ3v) is 16.3. The lowest BCUT2D eigenvalue weighted by Crippen LogP contribution is -2.47. The summed E-state index contributed by atoms with van der Waals surface area (Å²) < 4.78 is 30.8. The van der Waals surface area contributed by atoms with E-state index in [0.717, 1.165) is 103 Å². The molecule has 0 aliphatic heterocycles. The summed E-state index contributed by atoms with van der Waals surface area (Å²) in [5.41, 5.74) is 0. The Morgan fingerprint density at radius 1 is 0.434 bits per heavy atom. The number of amides is 1. The van der Waals surface area contributed by atoms with Crippen LogP contribution in [0.15, 0.2) is 85.1 Å². The Hall–Kier alpha value is -2.81. The van der Waals surface area contributed by atoms with Crippen molar-refractivity contribution in [3.63, 3.8) is 0 Å². The van der Waals surface area contributed by atoms with E-state index in [1.54, 1.807) is 0 Å². The summed E-state index contributed by atoms with van der Waals surface area (Å²) >= 11 is 0. The van der Waals surface area contributed by atoms with E-state index in [2.05, 4.69) is 99.0 Å². The van der Waals surface area contributed by atoms with Gasteiger partial charge in [0.05, 0.1) is 33.8 Å². The third kappa shape index (κ3) is 63.5. The number of rotatable bonds is 63. The molecule has 0 spiro atoms. The normalized spacial score (nSPS) is 14.1. The van der Waals surface area contributed by atoms with Gasteiger partial charge >= 0.3 is 13.8 Å². The van der Waals surface area contributed by atoms with Crippen LogP contribution in [0.2, 0.25) is 0 Å². The average Bonchev–Trinajstić information content (AvgIpc) is 3.47. The molecule has 0 saturated heterocycles. The number of quaternary nitrogens is 1. The summed E-state index contributed by atoms with van der Waals surface area (Å²) in [4.78, 5) is 37.9. The molecule has 3 atom stereocenters. The van der Waals surface area contributed by atoms with E-state index in [1.165, 1.54) is 173 Å². The first-order valence-electron chi connectivity index (χ1n) is 34.9. The molecule has 0 aliphatic rings. The number of unbranched alkanes of at least 4 members (excludes halogenated alkanes) is 35. The molecular formula is C73H134N2O7P+. The minimum atomic E-state index is -4.46. The number of carbonyl (C=O) groups excluding carboxylic acids is 2. The molecule has 0 bridgehead atoms. The number of esters is 1. The molecule has 83 heavy (non-hydrogen) atoms. The molecule has 3 unspecified atom stereocenters. The van der Waals surface area contributed by atoms with Crippen molar-refractivity contribution >= 4 is 19.7 Å². The number of ether oxygens (including phenoxy) is 1. The number of phosphoric acid groups is 1. The lowest BCUT2D eigenvalue weighted by molar-refractivity contribution is -0.870. The van der Waals surface area contributed by atoms with Crippen molar-refractivity contribution in [3.8, 4) is 0 Å².